The first-order valence-electron chi connectivity index (χ1n) is 11.7. The van der Waals surface area contributed by atoms with Crippen LogP contribution < -0.4 is 0 Å². The number of nitrogens with zero attached hydrogens (tertiary/aromatic N) is 6. The lowest BCUT2D eigenvalue weighted by atomic mass is 10.0. The molecule has 6 rings (SSSR count). The fourth-order valence-electron chi connectivity index (χ4n) is 4.10. The highest BCUT2D eigenvalue weighted by atomic mass is 32.2. The Hall–Kier alpha value is -4.36. The van der Waals surface area contributed by atoms with Gasteiger partial charge < -0.3 is 0 Å². The van der Waals surface area contributed by atoms with Gasteiger partial charge in [0.05, 0.1) is 12.2 Å². The van der Waals surface area contributed by atoms with Crippen LogP contribution in [0.2, 0.25) is 0 Å². The molecule has 174 valence electrons. The van der Waals surface area contributed by atoms with Gasteiger partial charge in [0.25, 0.3) is 0 Å². The molecular formula is C29H22N6S. The van der Waals surface area contributed by atoms with Crippen molar-refractivity contribution < 1.29 is 0 Å². The van der Waals surface area contributed by atoms with Crippen LogP contribution in [-0.4, -0.2) is 30.2 Å². The minimum Gasteiger partial charge on any atom is -0.248 e. The molecule has 0 radical (unpaired) electrons. The van der Waals surface area contributed by atoms with E-state index in [0.717, 1.165) is 28.2 Å². The van der Waals surface area contributed by atoms with Gasteiger partial charge in [0.15, 0.2) is 0 Å². The van der Waals surface area contributed by atoms with Crippen molar-refractivity contribution in [2.24, 2.45) is 0 Å². The fourth-order valence-corrected chi connectivity index (χ4v) is 4.77. The van der Waals surface area contributed by atoms with Crippen LogP contribution in [0.3, 0.4) is 0 Å². The molecule has 6 nitrogen and oxygen atoms in total. The van der Waals surface area contributed by atoms with Gasteiger partial charge in [0.2, 0.25) is 5.16 Å². The first kappa shape index (κ1) is 22.1. The summed E-state index contributed by atoms with van der Waals surface area (Å²) in [5.74, 6) is 0.609. The number of hydrogen-bond acceptors (Lipinski definition) is 6. The topological polar surface area (TPSA) is 69.4 Å². The summed E-state index contributed by atoms with van der Waals surface area (Å²) in [6, 6.07) is 35.0. The van der Waals surface area contributed by atoms with Crippen molar-refractivity contribution >= 4 is 22.5 Å². The van der Waals surface area contributed by atoms with E-state index in [0.29, 0.717) is 17.5 Å². The number of thioether (sulfide) groups is 1. The molecule has 4 aromatic carbocycles. The lowest BCUT2D eigenvalue weighted by Gasteiger charge is -2.09. The fraction of sp³-hybridized carbons (Fsp3) is 0.0690. The monoisotopic (exact) mass is 486 g/mol. The third-order valence-corrected chi connectivity index (χ3v) is 6.73. The molecule has 36 heavy (non-hydrogen) atoms. The Bertz CT molecular complexity index is 1620. The molecule has 7 heteroatoms. The van der Waals surface area contributed by atoms with Gasteiger partial charge in [0, 0.05) is 23.1 Å². The van der Waals surface area contributed by atoms with Gasteiger partial charge in [0.1, 0.15) is 11.4 Å². The Morgan fingerprint density at radius 2 is 1.33 bits per heavy atom. The lowest BCUT2D eigenvalue weighted by Crippen LogP contribution is -2.00. The third-order valence-electron chi connectivity index (χ3n) is 5.86. The highest BCUT2D eigenvalue weighted by Crippen LogP contribution is 2.30. The molecule has 6 aromatic rings. The van der Waals surface area contributed by atoms with Crippen molar-refractivity contribution in [3.63, 3.8) is 0 Å². The summed E-state index contributed by atoms with van der Waals surface area (Å²) in [6.45, 7) is 0.671. The van der Waals surface area contributed by atoms with E-state index in [2.05, 4.69) is 63.0 Å². The van der Waals surface area contributed by atoms with Crippen LogP contribution >= 0.6 is 11.8 Å². The molecule has 0 atom stereocenters. The van der Waals surface area contributed by atoms with Crippen molar-refractivity contribution in [3.8, 4) is 22.5 Å². The number of benzene rings is 4. The molecule has 0 fully saturated rings. The first-order chi connectivity index (χ1) is 17.8. The molecule has 0 saturated heterocycles. The Kier molecular flexibility index (Phi) is 6.20. The van der Waals surface area contributed by atoms with E-state index in [1.165, 1.54) is 28.1 Å². The molecule has 0 N–H and O–H groups in total. The number of aromatic nitrogens is 6. The number of fused-ring (bicyclic) bond motifs is 1. The minimum atomic E-state index is 0.609. The highest BCUT2D eigenvalue weighted by Gasteiger charge is 2.14. The van der Waals surface area contributed by atoms with E-state index < -0.39 is 0 Å². The van der Waals surface area contributed by atoms with Crippen molar-refractivity contribution in [1.29, 1.82) is 0 Å². The van der Waals surface area contributed by atoms with E-state index in [9.17, 15) is 0 Å². The molecule has 0 unspecified atom stereocenters. The summed E-state index contributed by atoms with van der Waals surface area (Å²) in [5, 5.41) is 20.7. The molecule has 0 aliphatic carbocycles. The highest BCUT2D eigenvalue weighted by molar-refractivity contribution is 7.98. The average Bonchev–Trinajstić information content (AvgIpc) is 3.40. The Morgan fingerprint density at radius 1 is 0.639 bits per heavy atom. The van der Waals surface area contributed by atoms with E-state index in [-0.39, 0.29) is 0 Å². The molecule has 0 saturated carbocycles. The van der Waals surface area contributed by atoms with Crippen LogP contribution in [0.15, 0.2) is 114 Å². The second-order valence-corrected chi connectivity index (χ2v) is 9.34. The van der Waals surface area contributed by atoms with E-state index in [1.807, 2.05) is 71.5 Å². The normalized spacial score (nSPS) is 11.1. The summed E-state index contributed by atoms with van der Waals surface area (Å²) in [7, 11) is 0. The standard InChI is InChI=1S/C29H22N6S/c1-3-10-23(11-4-1)27-28(24-12-5-2-6-13-24)32-33-29(30-27)36-20-26-19-35(34-31-26)18-21-15-16-22-9-7-8-14-25(22)17-21/h1-17,19H,18,20H2. The number of rotatable bonds is 7. The quantitative estimate of drug-likeness (QED) is 0.247. The zero-order valence-electron chi connectivity index (χ0n) is 19.4. The Morgan fingerprint density at radius 3 is 2.11 bits per heavy atom. The van der Waals surface area contributed by atoms with Gasteiger partial charge in [-0.25, -0.2) is 9.67 Å². The van der Waals surface area contributed by atoms with Crippen LogP contribution in [0.1, 0.15) is 11.3 Å². The maximum atomic E-state index is 4.87. The second-order valence-electron chi connectivity index (χ2n) is 8.40. The summed E-state index contributed by atoms with van der Waals surface area (Å²) in [6.07, 6.45) is 1.98. The van der Waals surface area contributed by atoms with Crippen molar-refractivity contribution in [1.82, 2.24) is 30.2 Å². The average molecular weight is 487 g/mol. The predicted octanol–water partition coefficient (Wildman–Crippen LogP) is 6.29. The molecule has 0 bridgehead atoms. The van der Waals surface area contributed by atoms with Gasteiger partial charge in [-0.05, 0) is 22.4 Å². The predicted molar refractivity (Wildman–Crippen MR) is 143 cm³/mol. The maximum Gasteiger partial charge on any atom is 0.210 e. The van der Waals surface area contributed by atoms with Crippen LogP contribution in [0.25, 0.3) is 33.3 Å². The van der Waals surface area contributed by atoms with Crippen molar-refractivity contribution in [3.05, 3.63) is 121 Å². The van der Waals surface area contributed by atoms with Gasteiger partial charge >= 0.3 is 0 Å². The van der Waals surface area contributed by atoms with Crippen LogP contribution in [0.4, 0.5) is 0 Å². The van der Waals surface area contributed by atoms with Gasteiger partial charge in [-0.15, -0.1) is 15.3 Å². The first-order valence-corrected chi connectivity index (χ1v) is 12.7. The van der Waals surface area contributed by atoms with Gasteiger partial charge in [-0.1, -0.05) is 114 Å². The maximum absolute atomic E-state index is 4.87. The van der Waals surface area contributed by atoms with Crippen molar-refractivity contribution in [2.45, 2.75) is 17.5 Å². The smallest absolute Gasteiger partial charge is 0.210 e. The molecule has 2 aromatic heterocycles. The molecule has 0 amide bonds. The summed E-state index contributed by atoms with van der Waals surface area (Å²) >= 11 is 1.51. The second kappa shape index (κ2) is 10.1. The summed E-state index contributed by atoms with van der Waals surface area (Å²) in [5.41, 5.74) is 5.65. The Balaban J connectivity index is 1.19. The van der Waals surface area contributed by atoms with E-state index >= 15 is 0 Å². The van der Waals surface area contributed by atoms with E-state index in [4.69, 9.17) is 4.98 Å². The SMILES string of the molecule is c1ccc(-c2nnc(SCc3cn(Cc4ccc5ccccc5c4)nn3)nc2-c2ccccc2)cc1. The zero-order valence-corrected chi connectivity index (χ0v) is 20.2. The van der Waals surface area contributed by atoms with Crippen LogP contribution in [-0.2, 0) is 12.3 Å². The van der Waals surface area contributed by atoms with Crippen LogP contribution in [0.5, 0.6) is 0 Å². The largest absolute Gasteiger partial charge is 0.248 e. The van der Waals surface area contributed by atoms with Gasteiger partial charge in [-0.2, -0.15) is 0 Å². The van der Waals surface area contributed by atoms with Crippen LogP contribution in [0, 0.1) is 0 Å². The molecule has 0 spiro atoms. The summed E-state index contributed by atoms with van der Waals surface area (Å²) < 4.78 is 1.87. The Labute approximate surface area is 213 Å². The van der Waals surface area contributed by atoms with Gasteiger partial charge in [-0.3, -0.25) is 0 Å². The minimum absolute atomic E-state index is 0.609. The zero-order chi connectivity index (χ0) is 24.2. The summed E-state index contributed by atoms with van der Waals surface area (Å²) in [4.78, 5) is 4.87. The molecular weight excluding hydrogens is 464 g/mol. The van der Waals surface area contributed by atoms with E-state index in [1.54, 1.807) is 0 Å². The molecule has 2 heterocycles. The lowest BCUT2D eigenvalue weighted by molar-refractivity contribution is 0.650. The molecule has 0 aliphatic rings. The molecule has 0 aliphatic heterocycles. The number of hydrogen-bond donors (Lipinski definition) is 0. The van der Waals surface area contributed by atoms with Crippen molar-refractivity contribution in [2.75, 3.05) is 0 Å². The third kappa shape index (κ3) is 4.87.